The lowest BCUT2D eigenvalue weighted by atomic mass is 10.2. The summed E-state index contributed by atoms with van der Waals surface area (Å²) in [6.07, 6.45) is 0. The molecule has 0 bridgehead atoms. The average molecular weight is 172 g/mol. The molecule has 0 radical (unpaired) electrons. The molecule has 3 nitrogen and oxygen atoms in total. The van der Waals surface area contributed by atoms with Crippen molar-refractivity contribution >= 4 is 5.78 Å². The Morgan fingerprint density at radius 1 is 1.75 bits per heavy atom. The van der Waals surface area contributed by atoms with Gasteiger partial charge < -0.3 is 5.32 Å². The highest BCUT2D eigenvalue weighted by atomic mass is 16.1. The van der Waals surface area contributed by atoms with Crippen molar-refractivity contribution in [3.63, 3.8) is 0 Å². The highest BCUT2D eigenvalue weighted by molar-refractivity contribution is 5.88. The summed E-state index contributed by atoms with van der Waals surface area (Å²) in [7, 11) is 0. The fraction of sp³-hybridized carbons (Fsp3) is 0.889. The number of likely N-dealkylation sites (N-methyl/N-ethyl adjacent to an activating group) is 1. The zero-order chi connectivity index (χ0) is 9.14. The zero-order valence-corrected chi connectivity index (χ0v) is 8.13. The number of carbonyl (C=O) groups is 1. The summed E-state index contributed by atoms with van der Waals surface area (Å²) in [6, 6.07) is 0.565. The lowest BCUT2D eigenvalue weighted by Gasteiger charge is -2.18. The third-order valence-electron chi connectivity index (χ3n) is 2.35. The fourth-order valence-corrected chi connectivity index (χ4v) is 1.53. The molecular formula is C9H20N2O. The van der Waals surface area contributed by atoms with Crippen LogP contribution in [0.4, 0.5) is 0 Å². The van der Waals surface area contributed by atoms with Crippen molar-refractivity contribution in [2.75, 3.05) is 19.6 Å². The van der Waals surface area contributed by atoms with Gasteiger partial charge in [0.1, 0.15) is 0 Å². The normalized spacial score (nSPS) is 25.7. The first-order chi connectivity index (χ1) is 5.65. The third-order valence-corrected chi connectivity index (χ3v) is 2.35. The summed E-state index contributed by atoms with van der Waals surface area (Å²) in [6.45, 7) is 8.66. The summed E-state index contributed by atoms with van der Waals surface area (Å²) in [5.41, 5.74) is 0. The molecule has 1 N–H and O–H groups in total. The summed E-state index contributed by atoms with van der Waals surface area (Å²) in [5.74, 6) is 0.338. The van der Waals surface area contributed by atoms with Crippen molar-refractivity contribution < 1.29 is 6.22 Å². The number of hydrogen-bond acceptors (Lipinski definition) is 3. The summed E-state index contributed by atoms with van der Waals surface area (Å²) in [5, 5.41) is 3.19. The molecule has 3 heteroatoms. The van der Waals surface area contributed by atoms with Crippen LogP contribution in [0, 0.1) is 0 Å². The Morgan fingerprint density at radius 3 is 2.83 bits per heavy atom. The number of carbonyl (C=O) groups excluding carboxylic acids is 1. The van der Waals surface area contributed by atoms with Crippen molar-refractivity contribution in [2.45, 2.75) is 32.9 Å². The molecule has 12 heavy (non-hydrogen) atoms. The largest absolute Gasteiger partial charge is 0.307 e. The Balaban J connectivity index is 0.00000144. The molecule has 0 spiro atoms. The maximum absolute atomic E-state index is 11.4. The topological polar surface area (TPSA) is 32.3 Å². The molecule has 0 saturated carbocycles. The standard InChI is InChI=1S/C9H18N2O.H2/c1-4-10-8-5-11(7(2)3)6-9(8)12;/h7-8,10H,4-6H2,1-3H3;1H. The van der Waals surface area contributed by atoms with Crippen molar-refractivity contribution in [3.8, 4) is 0 Å². The number of ketones is 1. The maximum atomic E-state index is 11.4. The minimum atomic E-state index is 0. The van der Waals surface area contributed by atoms with E-state index in [4.69, 9.17) is 0 Å². The van der Waals surface area contributed by atoms with Crippen LogP contribution < -0.4 is 5.32 Å². The van der Waals surface area contributed by atoms with Gasteiger partial charge in [0.05, 0.1) is 12.6 Å². The van der Waals surface area contributed by atoms with Crippen molar-refractivity contribution in [3.05, 3.63) is 0 Å². The van der Waals surface area contributed by atoms with Crippen LogP contribution in [0.2, 0.25) is 0 Å². The molecule has 72 valence electrons. The second-order valence-electron chi connectivity index (χ2n) is 3.60. The molecule has 0 aliphatic carbocycles. The number of nitrogens with one attached hydrogen (secondary N) is 1. The first-order valence-electron chi connectivity index (χ1n) is 4.65. The Morgan fingerprint density at radius 2 is 2.42 bits per heavy atom. The quantitative estimate of drug-likeness (QED) is 0.673. The Hall–Kier alpha value is -0.410. The highest BCUT2D eigenvalue weighted by Gasteiger charge is 2.30. The molecule has 1 saturated heterocycles. The lowest BCUT2D eigenvalue weighted by molar-refractivity contribution is -0.118. The molecule has 1 atom stereocenters. The molecule has 1 unspecified atom stereocenters. The van der Waals surface area contributed by atoms with E-state index in [2.05, 4.69) is 24.1 Å². The van der Waals surface area contributed by atoms with Crippen molar-refractivity contribution in [1.29, 1.82) is 0 Å². The smallest absolute Gasteiger partial charge is 0.164 e. The maximum Gasteiger partial charge on any atom is 0.164 e. The van der Waals surface area contributed by atoms with Crippen LogP contribution in [-0.2, 0) is 4.79 Å². The molecule has 0 aromatic rings. The predicted octanol–water partition coefficient (Wildman–Crippen LogP) is 0.504. The molecule has 1 fully saturated rings. The molecule has 0 amide bonds. The van der Waals surface area contributed by atoms with E-state index in [0.29, 0.717) is 18.4 Å². The number of likely N-dealkylation sites (tertiary alicyclic amines) is 1. The molecule has 1 heterocycles. The lowest BCUT2D eigenvalue weighted by Crippen LogP contribution is -2.37. The molecule has 1 aliphatic rings. The third kappa shape index (κ3) is 2.05. The van der Waals surface area contributed by atoms with Gasteiger partial charge in [-0.3, -0.25) is 9.69 Å². The van der Waals surface area contributed by atoms with Gasteiger partial charge in [-0.25, -0.2) is 0 Å². The Bertz CT molecular complexity index is 173. The van der Waals surface area contributed by atoms with E-state index in [1.807, 2.05) is 6.92 Å². The van der Waals surface area contributed by atoms with Gasteiger partial charge in [0.15, 0.2) is 5.78 Å². The van der Waals surface area contributed by atoms with Gasteiger partial charge in [-0.05, 0) is 20.4 Å². The van der Waals surface area contributed by atoms with E-state index in [0.717, 1.165) is 13.1 Å². The SMILES string of the molecule is CCNC1CN(C(C)C)CC1=O.[HH]. The highest BCUT2D eigenvalue weighted by Crippen LogP contribution is 2.08. The van der Waals surface area contributed by atoms with Gasteiger partial charge in [-0.2, -0.15) is 0 Å². The zero-order valence-electron chi connectivity index (χ0n) is 8.13. The monoisotopic (exact) mass is 172 g/mol. The van der Waals surface area contributed by atoms with Gasteiger partial charge in [-0.15, -0.1) is 0 Å². The van der Waals surface area contributed by atoms with Crippen molar-refractivity contribution in [1.82, 2.24) is 10.2 Å². The van der Waals surface area contributed by atoms with Gasteiger partial charge in [0, 0.05) is 14.0 Å². The Kier molecular flexibility index (Phi) is 3.23. The van der Waals surface area contributed by atoms with E-state index in [-0.39, 0.29) is 7.47 Å². The van der Waals surface area contributed by atoms with E-state index in [1.54, 1.807) is 0 Å². The van der Waals surface area contributed by atoms with Gasteiger partial charge >= 0.3 is 0 Å². The molecule has 1 rings (SSSR count). The minimum absolute atomic E-state index is 0. The van der Waals surface area contributed by atoms with Crippen LogP contribution in [0.1, 0.15) is 22.2 Å². The summed E-state index contributed by atoms with van der Waals surface area (Å²) < 4.78 is 0. The minimum Gasteiger partial charge on any atom is -0.307 e. The summed E-state index contributed by atoms with van der Waals surface area (Å²) in [4.78, 5) is 13.6. The first-order valence-corrected chi connectivity index (χ1v) is 4.65. The molecule has 0 aromatic carbocycles. The van der Waals surface area contributed by atoms with Gasteiger partial charge in [0.25, 0.3) is 0 Å². The van der Waals surface area contributed by atoms with E-state index >= 15 is 0 Å². The summed E-state index contributed by atoms with van der Waals surface area (Å²) >= 11 is 0. The van der Waals surface area contributed by atoms with Crippen LogP contribution in [0.5, 0.6) is 0 Å². The van der Waals surface area contributed by atoms with Crippen LogP contribution in [0.3, 0.4) is 0 Å². The number of Topliss-reactive ketones (excluding diaryl/α,β-unsaturated/α-hetero) is 1. The number of nitrogens with zero attached hydrogens (tertiary/aromatic N) is 1. The van der Waals surface area contributed by atoms with Crippen LogP contribution >= 0.6 is 0 Å². The first kappa shape index (κ1) is 9.68. The second kappa shape index (κ2) is 4.01. The predicted molar refractivity (Wildman–Crippen MR) is 51.3 cm³/mol. The average Bonchev–Trinajstić information content (AvgIpc) is 2.34. The van der Waals surface area contributed by atoms with E-state index in [9.17, 15) is 4.79 Å². The molecular weight excluding hydrogens is 152 g/mol. The van der Waals surface area contributed by atoms with Gasteiger partial charge in [-0.1, -0.05) is 6.92 Å². The van der Waals surface area contributed by atoms with Crippen LogP contribution in [-0.4, -0.2) is 42.4 Å². The Labute approximate surface area is 75.6 Å². The van der Waals surface area contributed by atoms with Crippen LogP contribution in [0.25, 0.3) is 0 Å². The fourth-order valence-electron chi connectivity index (χ4n) is 1.53. The number of hydrogen-bond donors (Lipinski definition) is 1. The number of rotatable bonds is 3. The second-order valence-corrected chi connectivity index (χ2v) is 3.60. The molecule has 1 aliphatic heterocycles. The van der Waals surface area contributed by atoms with Crippen LogP contribution in [0.15, 0.2) is 0 Å². The van der Waals surface area contributed by atoms with E-state index in [1.165, 1.54) is 0 Å². The van der Waals surface area contributed by atoms with Gasteiger partial charge in [0.2, 0.25) is 0 Å². The van der Waals surface area contributed by atoms with Crippen molar-refractivity contribution in [2.24, 2.45) is 0 Å². The van der Waals surface area contributed by atoms with E-state index < -0.39 is 0 Å². The molecule has 0 aromatic heterocycles.